The lowest BCUT2D eigenvalue weighted by Crippen LogP contribution is -2.20. The minimum atomic E-state index is 0.0791. The van der Waals surface area contributed by atoms with E-state index in [2.05, 4.69) is 28.1 Å². The van der Waals surface area contributed by atoms with Gasteiger partial charge in [-0.05, 0) is 36.5 Å². The maximum Gasteiger partial charge on any atom is 0.191 e. The highest BCUT2D eigenvalue weighted by Crippen LogP contribution is 2.11. The number of hydrogen-bond donors (Lipinski definition) is 3. The molecule has 0 aliphatic heterocycles. The Kier molecular flexibility index (Phi) is 4.15. The fraction of sp³-hybridized carbons (Fsp3) is 0. The Hall–Kier alpha value is -1.33. The molecule has 0 radical (unpaired) electrons. The lowest BCUT2D eigenvalue weighted by molar-refractivity contribution is 1.15. The highest BCUT2D eigenvalue weighted by atomic mass is 35.5. The van der Waals surface area contributed by atoms with Gasteiger partial charge in [-0.1, -0.05) is 11.6 Å². The van der Waals surface area contributed by atoms with E-state index in [1.54, 1.807) is 12.1 Å². The van der Waals surface area contributed by atoms with Crippen LogP contribution >= 0.6 is 23.8 Å². The van der Waals surface area contributed by atoms with Crippen molar-refractivity contribution in [1.29, 1.82) is 0 Å². The fourth-order valence-electron chi connectivity index (χ4n) is 0.745. The Balaban J connectivity index is 2.39. The van der Waals surface area contributed by atoms with Crippen LogP contribution in [0.4, 0.5) is 5.69 Å². The summed E-state index contributed by atoms with van der Waals surface area (Å²) in [5.74, 6) is 0. The Morgan fingerprint density at radius 3 is 2.64 bits per heavy atom. The van der Waals surface area contributed by atoms with E-state index >= 15 is 0 Å². The molecule has 4 nitrogen and oxygen atoms in total. The maximum atomic E-state index is 5.71. The van der Waals surface area contributed by atoms with Crippen molar-refractivity contribution in [3.63, 3.8) is 0 Å². The van der Waals surface area contributed by atoms with Crippen molar-refractivity contribution in [2.45, 2.75) is 0 Å². The van der Waals surface area contributed by atoms with E-state index in [0.717, 1.165) is 5.69 Å². The van der Waals surface area contributed by atoms with Gasteiger partial charge in [-0.25, -0.2) is 4.99 Å². The predicted octanol–water partition coefficient (Wildman–Crippen LogP) is 1.53. The molecule has 0 heterocycles. The first-order valence-electron chi connectivity index (χ1n) is 3.77. The quantitative estimate of drug-likeness (QED) is 0.318. The summed E-state index contributed by atoms with van der Waals surface area (Å²) in [4.78, 5) is 3.64. The van der Waals surface area contributed by atoms with Crippen LogP contribution < -0.4 is 16.6 Å². The van der Waals surface area contributed by atoms with Gasteiger partial charge in [0, 0.05) is 5.02 Å². The molecule has 0 aliphatic carbocycles. The Labute approximate surface area is 92.1 Å². The average molecular weight is 229 g/mol. The van der Waals surface area contributed by atoms with Crippen molar-refractivity contribution in [2.24, 2.45) is 10.7 Å². The molecule has 0 saturated carbocycles. The first kappa shape index (κ1) is 10.7. The molecule has 0 aliphatic rings. The summed E-state index contributed by atoms with van der Waals surface area (Å²) < 4.78 is 0. The van der Waals surface area contributed by atoms with Crippen molar-refractivity contribution in [1.82, 2.24) is 5.43 Å². The van der Waals surface area contributed by atoms with E-state index < -0.39 is 0 Å². The van der Waals surface area contributed by atoms with Crippen molar-refractivity contribution >= 4 is 41.0 Å². The molecule has 0 aromatic heterocycles. The Morgan fingerprint density at radius 1 is 1.43 bits per heavy atom. The number of thiocarbonyl (C=S) groups is 1. The first-order valence-corrected chi connectivity index (χ1v) is 4.56. The first-order chi connectivity index (χ1) is 6.68. The van der Waals surface area contributed by atoms with E-state index in [0.29, 0.717) is 5.02 Å². The standard InChI is InChI=1S/C8H9ClN4S/c9-6-1-3-7(4-2-6)13-12-5-11-8(10)14/h1-5,13H,(H3,10,11,12,14). The number of hydrazine groups is 1. The molecular formula is C8H9ClN4S. The van der Waals surface area contributed by atoms with Gasteiger partial charge in [-0.3, -0.25) is 5.43 Å². The summed E-state index contributed by atoms with van der Waals surface area (Å²) in [6.07, 6.45) is 1.37. The summed E-state index contributed by atoms with van der Waals surface area (Å²) in [6.45, 7) is 0. The third-order valence-corrected chi connectivity index (χ3v) is 1.67. The van der Waals surface area contributed by atoms with E-state index in [1.807, 2.05) is 12.1 Å². The molecule has 4 N–H and O–H groups in total. The molecule has 6 heteroatoms. The summed E-state index contributed by atoms with van der Waals surface area (Å²) >= 11 is 10.2. The fourth-order valence-corrected chi connectivity index (χ4v) is 0.923. The van der Waals surface area contributed by atoms with Crippen LogP contribution in [0, 0.1) is 0 Å². The van der Waals surface area contributed by atoms with Gasteiger partial charge in [0.15, 0.2) is 5.11 Å². The zero-order chi connectivity index (χ0) is 10.4. The van der Waals surface area contributed by atoms with Crippen LogP contribution in [-0.4, -0.2) is 11.5 Å². The Morgan fingerprint density at radius 2 is 2.07 bits per heavy atom. The van der Waals surface area contributed by atoms with Gasteiger partial charge < -0.3 is 11.2 Å². The molecule has 0 spiro atoms. The second kappa shape index (κ2) is 5.41. The van der Waals surface area contributed by atoms with Crippen LogP contribution in [0.15, 0.2) is 29.3 Å². The molecule has 0 unspecified atom stereocenters. The van der Waals surface area contributed by atoms with Crippen molar-refractivity contribution in [3.8, 4) is 0 Å². The number of aliphatic imine (C=N–C) groups is 1. The Bertz CT molecular complexity index is 336. The van der Waals surface area contributed by atoms with Gasteiger partial charge in [0.2, 0.25) is 0 Å². The summed E-state index contributed by atoms with van der Waals surface area (Å²) in [6, 6.07) is 7.19. The predicted molar refractivity (Wildman–Crippen MR) is 63.5 cm³/mol. The maximum absolute atomic E-state index is 5.71. The molecule has 74 valence electrons. The van der Waals surface area contributed by atoms with Crippen LogP contribution in [0.1, 0.15) is 0 Å². The normalized spacial score (nSPS) is 10.1. The topological polar surface area (TPSA) is 62.4 Å². The highest BCUT2D eigenvalue weighted by Gasteiger charge is 1.88. The summed E-state index contributed by atoms with van der Waals surface area (Å²) in [5.41, 5.74) is 11.6. The second-order valence-corrected chi connectivity index (χ2v) is 3.23. The second-order valence-electron chi connectivity index (χ2n) is 2.37. The van der Waals surface area contributed by atoms with Gasteiger partial charge in [0.05, 0.1) is 5.69 Å². The molecule has 0 saturated heterocycles. The van der Waals surface area contributed by atoms with E-state index in [1.165, 1.54) is 6.34 Å². The number of halogens is 1. The lowest BCUT2D eigenvalue weighted by atomic mass is 10.3. The number of hydrogen-bond acceptors (Lipinski definition) is 2. The minimum Gasteiger partial charge on any atom is -0.374 e. The zero-order valence-corrected chi connectivity index (χ0v) is 8.77. The average Bonchev–Trinajstić information content (AvgIpc) is 2.15. The van der Waals surface area contributed by atoms with Crippen LogP contribution in [0.25, 0.3) is 0 Å². The number of nitrogens with one attached hydrogen (secondary N) is 2. The number of anilines is 1. The molecule has 1 aromatic rings. The van der Waals surface area contributed by atoms with Crippen molar-refractivity contribution in [3.05, 3.63) is 29.3 Å². The molecule has 14 heavy (non-hydrogen) atoms. The van der Waals surface area contributed by atoms with Crippen LogP contribution in [0.5, 0.6) is 0 Å². The molecule has 1 aromatic carbocycles. The van der Waals surface area contributed by atoms with Crippen LogP contribution in [-0.2, 0) is 0 Å². The van der Waals surface area contributed by atoms with Gasteiger partial charge in [0.25, 0.3) is 0 Å². The largest absolute Gasteiger partial charge is 0.374 e. The minimum absolute atomic E-state index is 0.0791. The third kappa shape index (κ3) is 4.06. The van der Waals surface area contributed by atoms with E-state index in [-0.39, 0.29) is 5.11 Å². The number of nitrogens with zero attached hydrogens (tertiary/aromatic N) is 1. The third-order valence-electron chi connectivity index (χ3n) is 1.32. The van der Waals surface area contributed by atoms with Gasteiger partial charge in [-0.2, -0.15) is 0 Å². The zero-order valence-electron chi connectivity index (χ0n) is 7.20. The van der Waals surface area contributed by atoms with Crippen LogP contribution in [0.3, 0.4) is 0 Å². The highest BCUT2D eigenvalue weighted by molar-refractivity contribution is 7.80. The number of nitrogens with two attached hydrogens (primary N) is 1. The van der Waals surface area contributed by atoms with Crippen molar-refractivity contribution in [2.75, 3.05) is 5.43 Å². The molecule has 0 fully saturated rings. The molecule has 0 bridgehead atoms. The summed E-state index contributed by atoms with van der Waals surface area (Å²) in [7, 11) is 0. The molecule has 0 atom stereocenters. The van der Waals surface area contributed by atoms with Gasteiger partial charge >= 0.3 is 0 Å². The lowest BCUT2D eigenvalue weighted by Gasteiger charge is -2.04. The molecule has 1 rings (SSSR count). The monoisotopic (exact) mass is 228 g/mol. The summed E-state index contributed by atoms with van der Waals surface area (Å²) in [5, 5.41) is 0.766. The number of rotatable bonds is 3. The SMILES string of the molecule is NC(=S)N=CNNc1ccc(Cl)cc1. The van der Waals surface area contributed by atoms with E-state index in [9.17, 15) is 0 Å². The van der Waals surface area contributed by atoms with Crippen molar-refractivity contribution < 1.29 is 0 Å². The smallest absolute Gasteiger partial charge is 0.191 e. The van der Waals surface area contributed by atoms with Gasteiger partial charge in [0.1, 0.15) is 6.34 Å². The van der Waals surface area contributed by atoms with Crippen LogP contribution in [0.2, 0.25) is 5.02 Å². The van der Waals surface area contributed by atoms with Gasteiger partial charge in [-0.15, -0.1) is 0 Å². The number of benzene rings is 1. The molecular weight excluding hydrogens is 220 g/mol. The van der Waals surface area contributed by atoms with E-state index in [4.69, 9.17) is 17.3 Å². The molecule has 0 amide bonds.